The first kappa shape index (κ1) is 14.1. The molecule has 2 rings (SSSR count). The van der Waals surface area contributed by atoms with Crippen LogP contribution in [-0.2, 0) is 6.54 Å². The highest BCUT2D eigenvalue weighted by Gasteiger charge is 2.34. The van der Waals surface area contributed by atoms with E-state index in [1.54, 1.807) is 0 Å². The maximum atomic E-state index is 4.46. The average Bonchev–Trinajstić information content (AvgIpc) is 2.93. The first-order valence-corrected chi connectivity index (χ1v) is 7.92. The predicted molar refractivity (Wildman–Crippen MR) is 78.5 cm³/mol. The van der Waals surface area contributed by atoms with Crippen LogP contribution in [0, 0.1) is 11.8 Å². The van der Waals surface area contributed by atoms with Crippen molar-refractivity contribution in [3.8, 4) is 0 Å². The van der Waals surface area contributed by atoms with Crippen LogP contribution in [0.2, 0.25) is 0 Å². The first-order chi connectivity index (χ1) is 8.69. The summed E-state index contributed by atoms with van der Waals surface area (Å²) in [6.07, 6.45) is 6.00. The highest BCUT2D eigenvalue weighted by molar-refractivity contribution is 9.10. The van der Waals surface area contributed by atoms with Crippen molar-refractivity contribution in [2.75, 3.05) is 6.54 Å². The molecule has 1 fully saturated rings. The molecule has 1 aromatic heterocycles. The van der Waals surface area contributed by atoms with Crippen molar-refractivity contribution in [2.45, 2.75) is 52.6 Å². The molecule has 0 aromatic carbocycles. The highest BCUT2D eigenvalue weighted by Crippen LogP contribution is 2.41. The summed E-state index contributed by atoms with van der Waals surface area (Å²) in [5.74, 6) is 1.55. The number of aryl methyl sites for hydroxylation is 1. The van der Waals surface area contributed by atoms with Crippen molar-refractivity contribution in [1.29, 1.82) is 0 Å². The Hall–Kier alpha value is -0.350. The molecule has 0 spiro atoms. The second-order valence-corrected chi connectivity index (χ2v) is 6.16. The minimum absolute atomic E-state index is 0.435. The second kappa shape index (κ2) is 6.20. The van der Waals surface area contributed by atoms with Crippen LogP contribution in [0.25, 0.3) is 0 Å². The first-order valence-electron chi connectivity index (χ1n) is 7.13. The smallest absolute Gasteiger partial charge is 0.0698 e. The van der Waals surface area contributed by atoms with E-state index in [1.807, 2.05) is 6.20 Å². The predicted octanol–water partition coefficient (Wildman–Crippen LogP) is 3.75. The highest BCUT2D eigenvalue weighted by atomic mass is 79.9. The van der Waals surface area contributed by atoms with Crippen LogP contribution >= 0.6 is 15.9 Å². The van der Waals surface area contributed by atoms with Crippen molar-refractivity contribution in [2.24, 2.45) is 11.8 Å². The topological polar surface area (TPSA) is 29.9 Å². The Morgan fingerprint density at radius 2 is 2.28 bits per heavy atom. The van der Waals surface area contributed by atoms with Crippen LogP contribution in [0.4, 0.5) is 0 Å². The van der Waals surface area contributed by atoms with Crippen molar-refractivity contribution >= 4 is 15.9 Å². The average molecular weight is 314 g/mol. The van der Waals surface area contributed by atoms with Gasteiger partial charge >= 0.3 is 0 Å². The Balaban J connectivity index is 2.31. The van der Waals surface area contributed by atoms with Gasteiger partial charge in [-0.15, -0.1) is 0 Å². The van der Waals surface area contributed by atoms with E-state index in [2.05, 4.69) is 51.8 Å². The zero-order chi connectivity index (χ0) is 13.1. The third-order valence-corrected chi connectivity index (χ3v) is 4.82. The lowest BCUT2D eigenvalue weighted by Gasteiger charge is -2.28. The molecular formula is C14H24BrN3. The molecule has 1 aliphatic rings. The van der Waals surface area contributed by atoms with Crippen LogP contribution in [0.15, 0.2) is 10.7 Å². The fraction of sp³-hybridized carbons (Fsp3) is 0.786. The monoisotopic (exact) mass is 313 g/mol. The molecular weight excluding hydrogens is 290 g/mol. The molecule has 102 valence electrons. The minimum atomic E-state index is 0.435. The third kappa shape index (κ3) is 2.64. The number of aromatic nitrogens is 2. The molecule has 4 heteroatoms. The number of hydrogen-bond donors (Lipinski definition) is 1. The normalized spacial score (nSPS) is 25.6. The Bertz CT molecular complexity index is 388. The molecule has 1 heterocycles. The molecule has 18 heavy (non-hydrogen) atoms. The van der Waals surface area contributed by atoms with E-state index in [1.165, 1.54) is 25.0 Å². The molecule has 3 unspecified atom stereocenters. The Morgan fingerprint density at radius 3 is 2.83 bits per heavy atom. The molecule has 3 atom stereocenters. The molecule has 0 bridgehead atoms. The lowest BCUT2D eigenvalue weighted by Crippen LogP contribution is -2.32. The minimum Gasteiger partial charge on any atom is -0.309 e. The van der Waals surface area contributed by atoms with E-state index in [0.29, 0.717) is 6.04 Å². The van der Waals surface area contributed by atoms with Gasteiger partial charge in [-0.25, -0.2) is 0 Å². The molecule has 0 radical (unpaired) electrons. The summed E-state index contributed by atoms with van der Waals surface area (Å²) in [6, 6.07) is 0.435. The van der Waals surface area contributed by atoms with Crippen molar-refractivity contribution in [3.63, 3.8) is 0 Å². The number of hydrogen-bond acceptors (Lipinski definition) is 2. The molecule has 0 amide bonds. The molecule has 1 aromatic rings. The van der Waals surface area contributed by atoms with E-state index in [9.17, 15) is 0 Å². The Labute approximate surface area is 118 Å². The van der Waals surface area contributed by atoms with E-state index in [0.717, 1.165) is 29.4 Å². The van der Waals surface area contributed by atoms with E-state index in [-0.39, 0.29) is 0 Å². The summed E-state index contributed by atoms with van der Waals surface area (Å²) in [5.41, 5.74) is 1.33. The van der Waals surface area contributed by atoms with Gasteiger partial charge in [0.15, 0.2) is 0 Å². The molecule has 3 nitrogen and oxygen atoms in total. The van der Waals surface area contributed by atoms with E-state index < -0.39 is 0 Å². The van der Waals surface area contributed by atoms with Gasteiger partial charge in [-0.3, -0.25) is 4.68 Å². The van der Waals surface area contributed by atoms with Gasteiger partial charge in [0.2, 0.25) is 0 Å². The standard InChI is InChI=1S/C14H24BrN3/c1-4-16-13(11-8-6-7-10(11)3)14-12(15)9-17-18(14)5-2/h9-11,13,16H,4-8H2,1-3H3. The largest absolute Gasteiger partial charge is 0.309 e. The van der Waals surface area contributed by atoms with Gasteiger partial charge in [0.25, 0.3) is 0 Å². The summed E-state index contributed by atoms with van der Waals surface area (Å²) in [6.45, 7) is 8.68. The molecule has 1 saturated carbocycles. The quantitative estimate of drug-likeness (QED) is 0.897. The Kier molecular flexibility index (Phi) is 4.84. The number of halogens is 1. The lowest BCUT2D eigenvalue weighted by molar-refractivity contribution is 0.291. The van der Waals surface area contributed by atoms with Gasteiger partial charge in [-0.05, 0) is 47.7 Å². The van der Waals surface area contributed by atoms with Gasteiger partial charge in [-0.1, -0.05) is 26.7 Å². The second-order valence-electron chi connectivity index (χ2n) is 5.30. The fourth-order valence-electron chi connectivity index (χ4n) is 3.27. The van der Waals surface area contributed by atoms with Crippen LogP contribution in [0.5, 0.6) is 0 Å². The number of rotatable bonds is 5. The van der Waals surface area contributed by atoms with Crippen molar-refractivity contribution in [1.82, 2.24) is 15.1 Å². The summed E-state index contributed by atoms with van der Waals surface area (Å²) >= 11 is 3.67. The van der Waals surface area contributed by atoms with Gasteiger partial charge in [0.1, 0.15) is 0 Å². The van der Waals surface area contributed by atoms with E-state index in [4.69, 9.17) is 0 Å². The zero-order valence-corrected chi connectivity index (χ0v) is 13.2. The molecule has 0 saturated heterocycles. The van der Waals surface area contributed by atoms with Gasteiger partial charge in [-0.2, -0.15) is 5.10 Å². The van der Waals surface area contributed by atoms with Crippen LogP contribution < -0.4 is 5.32 Å². The number of nitrogens with one attached hydrogen (secondary N) is 1. The van der Waals surface area contributed by atoms with Crippen LogP contribution in [0.3, 0.4) is 0 Å². The van der Waals surface area contributed by atoms with Gasteiger partial charge in [0, 0.05) is 6.54 Å². The number of nitrogens with zero attached hydrogens (tertiary/aromatic N) is 2. The fourth-order valence-corrected chi connectivity index (χ4v) is 3.82. The third-order valence-electron chi connectivity index (χ3n) is 4.21. The molecule has 1 aliphatic carbocycles. The molecule has 1 N–H and O–H groups in total. The van der Waals surface area contributed by atoms with Gasteiger partial charge < -0.3 is 5.32 Å². The maximum absolute atomic E-state index is 4.46. The van der Waals surface area contributed by atoms with Crippen molar-refractivity contribution < 1.29 is 0 Å². The SMILES string of the molecule is CCNC(c1c(Br)cnn1CC)C1CCCC1C. The van der Waals surface area contributed by atoms with Crippen LogP contribution in [-0.4, -0.2) is 16.3 Å². The van der Waals surface area contributed by atoms with Crippen molar-refractivity contribution in [3.05, 3.63) is 16.4 Å². The summed E-state index contributed by atoms with van der Waals surface area (Å²) in [7, 11) is 0. The summed E-state index contributed by atoms with van der Waals surface area (Å²) in [4.78, 5) is 0. The Morgan fingerprint density at radius 1 is 1.50 bits per heavy atom. The van der Waals surface area contributed by atoms with Crippen LogP contribution in [0.1, 0.15) is 51.8 Å². The summed E-state index contributed by atoms with van der Waals surface area (Å²) in [5, 5.41) is 8.15. The zero-order valence-electron chi connectivity index (χ0n) is 11.6. The van der Waals surface area contributed by atoms with Gasteiger partial charge in [0.05, 0.1) is 22.4 Å². The van der Waals surface area contributed by atoms with E-state index >= 15 is 0 Å². The molecule has 0 aliphatic heterocycles. The maximum Gasteiger partial charge on any atom is 0.0698 e. The lowest BCUT2D eigenvalue weighted by atomic mass is 9.88. The summed E-state index contributed by atoms with van der Waals surface area (Å²) < 4.78 is 3.28.